The van der Waals surface area contributed by atoms with Crippen LogP contribution in [0.3, 0.4) is 0 Å². The van der Waals surface area contributed by atoms with E-state index in [1.165, 1.54) is 31.4 Å². The number of carbonyl (C=O) groups excluding carboxylic acids is 4. The number of fused-ring (bicyclic) bond motifs is 5. The average Bonchev–Trinajstić information content (AvgIpc) is 3.98. The van der Waals surface area contributed by atoms with E-state index in [1.807, 2.05) is 22.9 Å². The van der Waals surface area contributed by atoms with E-state index in [1.54, 1.807) is 13.0 Å². The van der Waals surface area contributed by atoms with Gasteiger partial charge < -0.3 is 81.1 Å². The first-order chi connectivity index (χ1) is 36.7. The lowest BCUT2D eigenvalue weighted by molar-refractivity contribution is -0.281. The Labute approximate surface area is 436 Å². The Kier molecular flexibility index (Phi) is 16.5. The van der Waals surface area contributed by atoms with E-state index in [9.17, 15) is 44.7 Å². The molecule has 7 atom stereocenters. The lowest BCUT2D eigenvalue weighted by atomic mass is 9.72. The highest BCUT2D eigenvalue weighted by Crippen LogP contribution is 2.53. The van der Waals surface area contributed by atoms with Crippen molar-refractivity contribution in [3.05, 3.63) is 93.0 Å². The number of nitrogens with one attached hydrogen (secondary N) is 3. The molecule has 3 heterocycles. The number of hydrogen-bond acceptors (Lipinski definition) is 21. The molecule has 12 N–H and O–H groups in total. The van der Waals surface area contributed by atoms with Crippen LogP contribution < -0.4 is 26.4 Å². The van der Waals surface area contributed by atoms with Crippen molar-refractivity contribution in [3.63, 3.8) is 0 Å². The number of aliphatic hydroxyl groups excluding tert-OH is 3. The monoisotopic (exact) mass is 1050 g/mol. The second-order valence-corrected chi connectivity index (χ2v) is 19.4. The van der Waals surface area contributed by atoms with Crippen LogP contribution in [0.2, 0.25) is 0 Å². The number of methoxy groups -OCH3 is 1. The number of anilines is 1. The van der Waals surface area contributed by atoms with Gasteiger partial charge in [-0.3, -0.25) is 23.9 Å². The van der Waals surface area contributed by atoms with Gasteiger partial charge in [0.15, 0.2) is 29.9 Å². The van der Waals surface area contributed by atoms with Crippen molar-refractivity contribution < 1.29 is 78.6 Å². The number of hydrogen-bond donors (Lipinski definition) is 11. The zero-order valence-electron chi connectivity index (χ0n) is 42.2. The highest BCUT2D eigenvalue weighted by molar-refractivity contribution is 6.31. The first kappa shape index (κ1) is 54.4. The molecule has 5 aromatic rings. The van der Waals surface area contributed by atoms with Crippen molar-refractivity contribution in [1.82, 2.24) is 20.4 Å². The van der Waals surface area contributed by atoms with Gasteiger partial charge >= 0.3 is 0 Å². The van der Waals surface area contributed by atoms with Gasteiger partial charge in [0.1, 0.15) is 47.0 Å². The minimum atomic E-state index is -2.24. The first-order valence-corrected chi connectivity index (χ1v) is 25.5. The third kappa shape index (κ3) is 10.2. The van der Waals surface area contributed by atoms with Gasteiger partial charge in [0.25, 0.3) is 0 Å². The summed E-state index contributed by atoms with van der Waals surface area (Å²) >= 11 is 0. The minimum absolute atomic E-state index is 0.0409. The number of nitrogens with zero attached hydrogens (tertiary/aromatic N) is 2. The number of aromatic nitrogens is 2. The maximum atomic E-state index is 13.8. The molecule has 0 bridgehead atoms. The molecule has 10 rings (SSSR count). The molecular weight excluding hydrogens is 989 g/mol. The third-order valence-electron chi connectivity index (χ3n) is 14.6. The molecule has 4 aromatic carbocycles. The smallest absolute Gasteiger partial charge is 0.202 e. The second-order valence-electron chi connectivity index (χ2n) is 19.4. The number of benzene rings is 4. The number of aliphatic hydroxyl groups is 4. The summed E-state index contributed by atoms with van der Waals surface area (Å²) in [6.07, 6.45) is -2.03. The predicted octanol–water partition coefficient (Wildman–Crippen LogP) is 2.08. The van der Waals surface area contributed by atoms with Crippen molar-refractivity contribution in [1.29, 1.82) is 0 Å². The summed E-state index contributed by atoms with van der Waals surface area (Å²) in [6.45, 7) is 4.92. The van der Waals surface area contributed by atoms with Crippen molar-refractivity contribution in [3.8, 4) is 34.3 Å². The van der Waals surface area contributed by atoms with Crippen LogP contribution >= 0.6 is 0 Å². The SMILES string of the molecule is COc1cccc2c1C(=O)c1c(O)c3c(c(O)c1C2=O)C[C@@](O)(C(=O)CO)CC3O[C@H]1C[C@H](N)[C@H](O[C@@H]2CCCCO2)[C@H](C)O1.O=C1c2c(O)cccc2-c2nn(CCNCCO)c3ccc(NCCNCCO)c1c23. The number of rotatable bonds is 18. The Hall–Kier alpha value is -6.41. The molecule has 3 aliphatic carbocycles. The van der Waals surface area contributed by atoms with Gasteiger partial charge in [-0.05, 0) is 50.5 Å². The summed E-state index contributed by atoms with van der Waals surface area (Å²) in [5.74, 6) is -3.96. The number of phenolic OH excluding ortho intramolecular Hbond substituents is 3. The maximum Gasteiger partial charge on any atom is 0.202 e. The Morgan fingerprint density at radius 1 is 0.829 bits per heavy atom. The molecule has 0 radical (unpaired) electrons. The Morgan fingerprint density at radius 3 is 2.26 bits per heavy atom. The Balaban J connectivity index is 0.000000199. The van der Waals surface area contributed by atoms with Gasteiger partial charge in [0.2, 0.25) is 5.78 Å². The molecule has 2 fully saturated rings. The zero-order chi connectivity index (χ0) is 54.0. The van der Waals surface area contributed by atoms with E-state index in [2.05, 4.69) is 16.0 Å². The number of carbonyl (C=O) groups is 4. The lowest BCUT2D eigenvalue weighted by Gasteiger charge is -2.43. The van der Waals surface area contributed by atoms with Crippen LogP contribution in [0.25, 0.3) is 22.2 Å². The average molecular weight is 1050 g/mol. The van der Waals surface area contributed by atoms with E-state index in [0.717, 1.165) is 30.2 Å². The Morgan fingerprint density at radius 2 is 1.55 bits per heavy atom. The van der Waals surface area contributed by atoms with Crippen molar-refractivity contribution in [2.24, 2.45) is 5.73 Å². The van der Waals surface area contributed by atoms with Crippen LogP contribution in [-0.2, 0) is 36.7 Å². The van der Waals surface area contributed by atoms with Crippen molar-refractivity contribution in [2.75, 3.05) is 71.6 Å². The fourth-order valence-electron chi connectivity index (χ4n) is 10.9. The van der Waals surface area contributed by atoms with Crippen LogP contribution in [0.5, 0.6) is 23.0 Å². The van der Waals surface area contributed by atoms with Gasteiger partial charge in [-0.1, -0.05) is 24.3 Å². The fraction of sp³-hybridized carbons (Fsp3) is 0.463. The van der Waals surface area contributed by atoms with Crippen LogP contribution in [0.15, 0.2) is 48.5 Å². The third-order valence-corrected chi connectivity index (χ3v) is 14.6. The second kappa shape index (κ2) is 23.1. The topological polar surface area (TPSA) is 336 Å². The first-order valence-electron chi connectivity index (χ1n) is 25.5. The van der Waals surface area contributed by atoms with E-state index in [0.29, 0.717) is 68.4 Å². The zero-order valence-corrected chi connectivity index (χ0v) is 42.2. The molecule has 22 heteroatoms. The van der Waals surface area contributed by atoms with Gasteiger partial charge in [0, 0.05) is 98.0 Å². The molecule has 406 valence electrons. The summed E-state index contributed by atoms with van der Waals surface area (Å²) in [5.41, 5.74) is 6.61. The molecule has 2 saturated heterocycles. The van der Waals surface area contributed by atoms with E-state index < -0.39 is 102 Å². The van der Waals surface area contributed by atoms with Crippen LogP contribution in [0.1, 0.15) is 104 Å². The number of aromatic hydroxyl groups is 3. The molecule has 22 nitrogen and oxygen atoms in total. The minimum Gasteiger partial charge on any atom is -0.507 e. The molecule has 2 aliphatic heterocycles. The molecule has 1 aromatic heterocycles. The van der Waals surface area contributed by atoms with Gasteiger partial charge in [-0.2, -0.15) is 5.10 Å². The maximum absolute atomic E-state index is 13.8. The standard InChI is InChI=1S/C32H37NO12.C22H27N5O4/c1-14-31(45-21-8-3-4-9-42-21)17(33)10-22(43-14)44-19-12-32(40,20(35)13-34)11-16-24(19)30(39)26-25(28(16)37)27(36)15-6-5-7-18(41-2)23(15)29(26)38;28-12-9-23-6-7-25-15-4-5-16-20-19(15)22(31)18-14(2-1-3-17(18)30)21(20)26-27(16)11-8-24-10-13-29/h5-7,14,17,19,21-22,31,34,37,39-40H,3-4,8-13,33H2,1-2H3;1-5,23-25,28-30H,6-13H2/t14-,17-,19?,21+,22-,31+,32-;/m0./s1. The summed E-state index contributed by atoms with van der Waals surface area (Å²) < 4.78 is 31.3. The molecule has 0 amide bonds. The summed E-state index contributed by atoms with van der Waals surface area (Å²) in [7, 11) is 1.34. The van der Waals surface area contributed by atoms with Gasteiger partial charge in [0.05, 0.1) is 72.4 Å². The summed E-state index contributed by atoms with van der Waals surface area (Å²) in [5, 5.41) is 87.6. The van der Waals surface area contributed by atoms with Gasteiger partial charge in [-0.25, -0.2) is 0 Å². The molecule has 76 heavy (non-hydrogen) atoms. The van der Waals surface area contributed by atoms with E-state index in [-0.39, 0.29) is 64.7 Å². The summed E-state index contributed by atoms with van der Waals surface area (Å²) in [4.78, 5) is 53.7. The van der Waals surface area contributed by atoms with Crippen molar-refractivity contribution in [2.45, 2.75) is 94.5 Å². The predicted molar refractivity (Wildman–Crippen MR) is 273 cm³/mol. The van der Waals surface area contributed by atoms with E-state index in [4.69, 9.17) is 44.7 Å². The van der Waals surface area contributed by atoms with Crippen LogP contribution in [0, 0.1) is 0 Å². The number of nitrogens with two attached hydrogens (primary N) is 1. The van der Waals surface area contributed by atoms with E-state index >= 15 is 0 Å². The molecule has 1 unspecified atom stereocenters. The van der Waals surface area contributed by atoms with Crippen LogP contribution in [-0.4, -0.2) is 171 Å². The lowest BCUT2D eigenvalue weighted by Crippen LogP contribution is -2.55. The normalized spacial score (nSPS) is 23.5. The molecule has 0 spiro atoms. The van der Waals surface area contributed by atoms with Gasteiger partial charge in [-0.15, -0.1) is 0 Å². The molecular formula is C54H64N6O16. The van der Waals surface area contributed by atoms with Crippen molar-refractivity contribution >= 4 is 39.7 Å². The summed E-state index contributed by atoms with van der Waals surface area (Å²) in [6, 6.07) is 12.7. The molecule has 5 aliphatic rings. The highest BCUT2D eigenvalue weighted by atomic mass is 16.7. The quantitative estimate of drug-likeness (QED) is 0.0433. The highest BCUT2D eigenvalue weighted by Gasteiger charge is 2.50. The molecule has 0 saturated carbocycles. The fourth-order valence-corrected chi connectivity index (χ4v) is 10.9. The number of ketones is 4. The number of ether oxygens (including phenoxy) is 5. The van der Waals surface area contributed by atoms with Crippen LogP contribution in [0.4, 0.5) is 5.69 Å². The largest absolute Gasteiger partial charge is 0.507 e. The number of Topliss-reactive ketones (excluding diaryl/α,β-unsaturated/α-hetero) is 1. The Bertz CT molecular complexity index is 3020. The number of phenols is 3.